The Labute approximate surface area is 135 Å². The van der Waals surface area contributed by atoms with E-state index < -0.39 is 6.10 Å². The fourth-order valence-corrected chi connectivity index (χ4v) is 3.57. The summed E-state index contributed by atoms with van der Waals surface area (Å²) in [4.78, 5) is 2.38. The quantitative estimate of drug-likeness (QED) is 0.873. The van der Waals surface area contributed by atoms with Gasteiger partial charge in [-0.3, -0.25) is 0 Å². The Kier molecular flexibility index (Phi) is 6.27. The van der Waals surface area contributed by atoms with E-state index >= 15 is 0 Å². The summed E-state index contributed by atoms with van der Waals surface area (Å²) in [5, 5.41) is 10.3. The average molecular weight is 305 g/mol. The summed E-state index contributed by atoms with van der Waals surface area (Å²) in [6.07, 6.45) is 0.864. The van der Waals surface area contributed by atoms with E-state index in [-0.39, 0.29) is 0 Å². The first-order valence-electron chi connectivity index (χ1n) is 8.57. The summed E-state index contributed by atoms with van der Waals surface area (Å²) >= 11 is 0. The third kappa shape index (κ3) is 4.99. The topological polar surface area (TPSA) is 32.7 Å². The SMILES string of the molecule is CC(C)c1ccccc1OC[C@@H](O)CN1C[C@@H](C)C[C@H](C)C1. The van der Waals surface area contributed by atoms with E-state index in [9.17, 15) is 5.11 Å². The van der Waals surface area contributed by atoms with Gasteiger partial charge < -0.3 is 14.7 Å². The van der Waals surface area contributed by atoms with Gasteiger partial charge in [0.15, 0.2) is 0 Å². The lowest BCUT2D eigenvalue weighted by molar-refractivity contribution is 0.0426. The average Bonchev–Trinajstić information content (AvgIpc) is 2.44. The first-order chi connectivity index (χ1) is 10.5. The fourth-order valence-electron chi connectivity index (χ4n) is 3.57. The molecule has 3 heteroatoms. The van der Waals surface area contributed by atoms with E-state index in [0.29, 0.717) is 19.1 Å². The second-order valence-electron chi connectivity index (χ2n) is 7.32. The van der Waals surface area contributed by atoms with Crippen LogP contribution >= 0.6 is 0 Å². The highest BCUT2D eigenvalue weighted by Crippen LogP contribution is 2.26. The molecule has 1 aliphatic heterocycles. The molecule has 0 bridgehead atoms. The van der Waals surface area contributed by atoms with E-state index in [0.717, 1.165) is 30.7 Å². The van der Waals surface area contributed by atoms with Crippen molar-refractivity contribution in [2.45, 2.75) is 46.1 Å². The first-order valence-corrected chi connectivity index (χ1v) is 8.57. The molecular weight excluding hydrogens is 274 g/mol. The van der Waals surface area contributed by atoms with Gasteiger partial charge in [-0.15, -0.1) is 0 Å². The molecule has 1 saturated heterocycles. The number of aliphatic hydroxyl groups is 1. The second-order valence-corrected chi connectivity index (χ2v) is 7.32. The highest BCUT2D eigenvalue weighted by atomic mass is 16.5. The Hall–Kier alpha value is -1.06. The molecule has 0 unspecified atom stereocenters. The zero-order valence-corrected chi connectivity index (χ0v) is 14.5. The number of β-amino-alcohol motifs (C(OH)–C–C–N with tert-alkyl or cyclic N) is 1. The monoisotopic (exact) mass is 305 g/mol. The lowest BCUT2D eigenvalue weighted by atomic mass is 9.92. The highest BCUT2D eigenvalue weighted by molar-refractivity contribution is 5.35. The van der Waals surface area contributed by atoms with Gasteiger partial charge in [-0.05, 0) is 35.8 Å². The molecule has 1 fully saturated rings. The number of hydrogen-bond donors (Lipinski definition) is 1. The van der Waals surface area contributed by atoms with Crippen molar-refractivity contribution in [2.75, 3.05) is 26.2 Å². The Morgan fingerprint density at radius 3 is 2.45 bits per heavy atom. The molecule has 1 heterocycles. The number of likely N-dealkylation sites (tertiary alicyclic amines) is 1. The molecule has 0 radical (unpaired) electrons. The third-order valence-corrected chi connectivity index (χ3v) is 4.39. The largest absolute Gasteiger partial charge is 0.491 e. The molecule has 0 amide bonds. The van der Waals surface area contributed by atoms with Crippen LogP contribution in [0.2, 0.25) is 0 Å². The molecular formula is C19H31NO2. The first kappa shape index (κ1) is 17.3. The number of nitrogens with zero attached hydrogens (tertiary/aromatic N) is 1. The zero-order chi connectivity index (χ0) is 16.1. The molecule has 124 valence electrons. The van der Waals surface area contributed by atoms with Crippen molar-refractivity contribution in [3.05, 3.63) is 29.8 Å². The number of ether oxygens (including phenoxy) is 1. The number of benzene rings is 1. The molecule has 1 N–H and O–H groups in total. The molecule has 0 spiro atoms. The number of para-hydroxylation sites is 1. The summed E-state index contributed by atoms with van der Waals surface area (Å²) in [5.74, 6) is 2.77. The van der Waals surface area contributed by atoms with Crippen LogP contribution < -0.4 is 4.74 Å². The maximum atomic E-state index is 10.3. The maximum Gasteiger partial charge on any atom is 0.122 e. The van der Waals surface area contributed by atoms with Crippen LogP contribution in [0.5, 0.6) is 5.75 Å². The van der Waals surface area contributed by atoms with E-state index in [2.05, 4.69) is 38.7 Å². The van der Waals surface area contributed by atoms with Gasteiger partial charge in [0.25, 0.3) is 0 Å². The van der Waals surface area contributed by atoms with Gasteiger partial charge in [-0.2, -0.15) is 0 Å². The van der Waals surface area contributed by atoms with Crippen LogP contribution in [0, 0.1) is 11.8 Å². The van der Waals surface area contributed by atoms with E-state index in [1.165, 1.54) is 12.0 Å². The Balaban J connectivity index is 1.84. The van der Waals surface area contributed by atoms with Crippen LogP contribution in [0.4, 0.5) is 0 Å². The summed E-state index contributed by atoms with van der Waals surface area (Å²) < 4.78 is 5.88. The number of rotatable bonds is 6. The zero-order valence-electron chi connectivity index (χ0n) is 14.5. The maximum absolute atomic E-state index is 10.3. The lowest BCUT2D eigenvalue weighted by Gasteiger charge is -2.36. The predicted molar refractivity (Wildman–Crippen MR) is 91.4 cm³/mol. The van der Waals surface area contributed by atoms with E-state index in [1.54, 1.807) is 0 Å². The molecule has 2 rings (SSSR count). The minimum absolute atomic E-state index is 0.364. The minimum atomic E-state index is -0.433. The van der Waals surface area contributed by atoms with Gasteiger partial charge in [0.05, 0.1) is 0 Å². The molecule has 0 aliphatic carbocycles. The van der Waals surface area contributed by atoms with Crippen LogP contribution in [-0.2, 0) is 0 Å². The van der Waals surface area contributed by atoms with Gasteiger partial charge >= 0.3 is 0 Å². The Bertz CT molecular complexity index is 451. The van der Waals surface area contributed by atoms with Crippen LogP contribution in [0.3, 0.4) is 0 Å². The Morgan fingerprint density at radius 1 is 1.18 bits per heavy atom. The molecule has 1 aliphatic rings. The second kappa shape index (κ2) is 7.98. The van der Waals surface area contributed by atoms with Crippen LogP contribution in [0.25, 0.3) is 0 Å². The Morgan fingerprint density at radius 2 is 1.82 bits per heavy atom. The molecule has 22 heavy (non-hydrogen) atoms. The van der Waals surface area contributed by atoms with Crippen molar-refractivity contribution >= 4 is 0 Å². The van der Waals surface area contributed by atoms with Crippen molar-refractivity contribution in [1.82, 2.24) is 4.90 Å². The van der Waals surface area contributed by atoms with Gasteiger partial charge in [0.1, 0.15) is 18.5 Å². The number of aliphatic hydroxyl groups excluding tert-OH is 1. The smallest absolute Gasteiger partial charge is 0.122 e. The summed E-state index contributed by atoms with van der Waals surface area (Å²) in [6, 6.07) is 8.12. The van der Waals surface area contributed by atoms with Crippen molar-refractivity contribution in [3.63, 3.8) is 0 Å². The lowest BCUT2D eigenvalue weighted by Crippen LogP contribution is -2.44. The van der Waals surface area contributed by atoms with Gasteiger partial charge in [0.2, 0.25) is 0 Å². The number of piperidine rings is 1. The summed E-state index contributed by atoms with van der Waals surface area (Å²) in [7, 11) is 0. The van der Waals surface area contributed by atoms with Gasteiger partial charge in [0, 0.05) is 19.6 Å². The van der Waals surface area contributed by atoms with Crippen molar-refractivity contribution in [2.24, 2.45) is 11.8 Å². The van der Waals surface area contributed by atoms with E-state index in [4.69, 9.17) is 4.74 Å². The van der Waals surface area contributed by atoms with Gasteiger partial charge in [-0.1, -0.05) is 45.9 Å². The van der Waals surface area contributed by atoms with Crippen LogP contribution in [0.1, 0.15) is 45.6 Å². The van der Waals surface area contributed by atoms with Crippen molar-refractivity contribution < 1.29 is 9.84 Å². The van der Waals surface area contributed by atoms with E-state index in [1.807, 2.05) is 18.2 Å². The van der Waals surface area contributed by atoms with Crippen LogP contribution in [-0.4, -0.2) is 42.4 Å². The molecule has 3 atom stereocenters. The normalized spacial score (nSPS) is 24.5. The molecule has 3 nitrogen and oxygen atoms in total. The third-order valence-electron chi connectivity index (χ3n) is 4.39. The summed E-state index contributed by atoms with van der Waals surface area (Å²) in [6.45, 7) is 12.2. The molecule has 0 saturated carbocycles. The highest BCUT2D eigenvalue weighted by Gasteiger charge is 2.23. The fraction of sp³-hybridized carbons (Fsp3) is 0.684. The number of hydrogen-bond acceptors (Lipinski definition) is 3. The predicted octanol–water partition coefficient (Wildman–Crippen LogP) is 3.53. The molecule has 1 aromatic carbocycles. The summed E-state index contributed by atoms with van der Waals surface area (Å²) in [5.41, 5.74) is 1.20. The standard InChI is InChI=1S/C19H31NO2/c1-14(2)18-7-5-6-8-19(18)22-13-17(21)12-20-10-15(3)9-16(4)11-20/h5-8,14-17,21H,9-13H2,1-4H3/t15-,16-,17-/m0/s1. The molecule has 1 aromatic rings. The minimum Gasteiger partial charge on any atom is -0.491 e. The van der Waals surface area contributed by atoms with Crippen LogP contribution in [0.15, 0.2) is 24.3 Å². The van der Waals surface area contributed by atoms with Crippen molar-refractivity contribution in [1.29, 1.82) is 0 Å². The van der Waals surface area contributed by atoms with Crippen molar-refractivity contribution in [3.8, 4) is 5.75 Å². The van der Waals surface area contributed by atoms with Gasteiger partial charge in [-0.25, -0.2) is 0 Å². The molecule has 0 aromatic heterocycles.